The maximum absolute atomic E-state index is 12.9. The molecule has 1 atom stereocenters. The average molecular weight is 481 g/mol. The zero-order valence-electron chi connectivity index (χ0n) is 21.0. The summed E-state index contributed by atoms with van der Waals surface area (Å²) >= 11 is 0. The molecule has 1 aromatic carbocycles. The van der Waals surface area contributed by atoms with Crippen molar-refractivity contribution in [2.75, 3.05) is 63.1 Å². The minimum atomic E-state index is -0.145. The number of imidazole rings is 1. The number of nitrogens with one attached hydrogen (secondary N) is 2. The van der Waals surface area contributed by atoms with Gasteiger partial charge in [-0.25, -0.2) is 14.5 Å². The van der Waals surface area contributed by atoms with Gasteiger partial charge in [0.25, 0.3) is 0 Å². The van der Waals surface area contributed by atoms with Crippen LogP contribution >= 0.6 is 0 Å². The van der Waals surface area contributed by atoms with E-state index in [2.05, 4.69) is 45.3 Å². The Morgan fingerprint density at radius 3 is 2.71 bits per heavy atom. The van der Waals surface area contributed by atoms with E-state index >= 15 is 0 Å². The van der Waals surface area contributed by atoms with Gasteiger partial charge in [-0.2, -0.15) is 5.10 Å². The molecule has 0 radical (unpaired) electrons. The molecule has 2 amide bonds. The number of urea groups is 1. The summed E-state index contributed by atoms with van der Waals surface area (Å²) in [5.74, 6) is 0.639. The van der Waals surface area contributed by atoms with Crippen molar-refractivity contribution in [2.24, 2.45) is 0 Å². The molecule has 0 aliphatic carbocycles. The molecule has 2 aromatic heterocycles. The molecule has 0 bridgehead atoms. The SMILES string of the molecule is CCN(CC)C(=O)Nc1cn(C2CCCCO2)nc1-c1nc2ccc(N3CCN(C)CC3)cc2[nH]1. The minimum absolute atomic E-state index is 0.130. The summed E-state index contributed by atoms with van der Waals surface area (Å²) in [5, 5.41) is 7.89. The molecule has 5 rings (SSSR count). The number of ether oxygens (including phenoxy) is 1. The van der Waals surface area contributed by atoms with Gasteiger partial charge in [0, 0.05) is 51.6 Å². The van der Waals surface area contributed by atoms with Gasteiger partial charge in [-0.05, 0) is 58.4 Å². The number of likely N-dealkylation sites (N-methyl/N-ethyl adjacent to an activating group) is 1. The molecule has 3 aromatic rings. The van der Waals surface area contributed by atoms with Gasteiger partial charge in [0.1, 0.15) is 6.23 Å². The summed E-state index contributed by atoms with van der Waals surface area (Å²) in [5.41, 5.74) is 4.28. The van der Waals surface area contributed by atoms with Gasteiger partial charge < -0.3 is 29.7 Å². The first-order valence-electron chi connectivity index (χ1n) is 12.8. The van der Waals surface area contributed by atoms with E-state index in [1.54, 1.807) is 4.90 Å². The number of benzene rings is 1. The molecule has 2 aliphatic heterocycles. The number of anilines is 2. The fraction of sp³-hybridized carbons (Fsp3) is 0.560. The Morgan fingerprint density at radius 2 is 2.00 bits per heavy atom. The smallest absolute Gasteiger partial charge is 0.321 e. The zero-order valence-corrected chi connectivity index (χ0v) is 21.0. The van der Waals surface area contributed by atoms with Crippen LogP contribution in [0.1, 0.15) is 39.3 Å². The van der Waals surface area contributed by atoms with Crippen LogP contribution < -0.4 is 10.2 Å². The molecule has 4 heterocycles. The van der Waals surface area contributed by atoms with Crippen molar-refractivity contribution in [1.82, 2.24) is 29.5 Å². The topological polar surface area (TPSA) is 94.5 Å². The van der Waals surface area contributed by atoms with Crippen LogP contribution in [0.25, 0.3) is 22.6 Å². The Bertz CT molecular complexity index is 1150. The summed E-state index contributed by atoms with van der Waals surface area (Å²) in [4.78, 5) is 27.7. The van der Waals surface area contributed by atoms with Gasteiger partial charge in [0.2, 0.25) is 0 Å². The van der Waals surface area contributed by atoms with Crippen LogP contribution in [-0.4, -0.2) is 88.5 Å². The molecule has 0 spiro atoms. The van der Waals surface area contributed by atoms with Crippen LogP contribution in [0.15, 0.2) is 24.4 Å². The number of aromatic nitrogens is 4. The number of aromatic amines is 1. The molecule has 2 aliphatic rings. The highest BCUT2D eigenvalue weighted by Gasteiger charge is 2.24. The van der Waals surface area contributed by atoms with Gasteiger partial charge >= 0.3 is 6.03 Å². The lowest BCUT2D eigenvalue weighted by molar-refractivity contribution is -0.0393. The molecule has 1 unspecified atom stereocenters. The second kappa shape index (κ2) is 10.2. The summed E-state index contributed by atoms with van der Waals surface area (Å²) in [6, 6.07) is 6.20. The van der Waals surface area contributed by atoms with Crippen molar-refractivity contribution in [3.63, 3.8) is 0 Å². The molecule has 2 N–H and O–H groups in total. The zero-order chi connectivity index (χ0) is 24.4. The van der Waals surface area contributed by atoms with E-state index in [1.807, 2.05) is 24.7 Å². The highest BCUT2D eigenvalue weighted by atomic mass is 16.5. The van der Waals surface area contributed by atoms with Crippen molar-refractivity contribution in [3.05, 3.63) is 24.4 Å². The van der Waals surface area contributed by atoms with Crippen molar-refractivity contribution in [2.45, 2.75) is 39.3 Å². The van der Waals surface area contributed by atoms with Gasteiger partial charge in [-0.15, -0.1) is 0 Å². The number of rotatable bonds is 6. The van der Waals surface area contributed by atoms with Crippen molar-refractivity contribution in [3.8, 4) is 11.5 Å². The fourth-order valence-electron chi connectivity index (χ4n) is 4.81. The number of H-pyrrole nitrogens is 1. The number of fused-ring (bicyclic) bond motifs is 1. The lowest BCUT2D eigenvalue weighted by Crippen LogP contribution is -2.44. The second-order valence-corrected chi connectivity index (χ2v) is 9.37. The number of carbonyl (C=O) groups is 1. The summed E-state index contributed by atoms with van der Waals surface area (Å²) in [6.07, 6.45) is 4.81. The Morgan fingerprint density at radius 1 is 1.20 bits per heavy atom. The molecule has 188 valence electrons. The number of hydrogen-bond donors (Lipinski definition) is 2. The molecular formula is C25H36N8O2. The summed E-state index contributed by atoms with van der Waals surface area (Å²) in [6.45, 7) is 10.1. The minimum Gasteiger partial charge on any atom is -0.369 e. The van der Waals surface area contributed by atoms with Crippen LogP contribution in [-0.2, 0) is 4.74 Å². The molecule has 35 heavy (non-hydrogen) atoms. The van der Waals surface area contributed by atoms with Gasteiger partial charge in [-0.1, -0.05) is 0 Å². The first-order valence-corrected chi connectivity index (χ1v) is 12.8. The maximum atomic E-state index is 12.9. The fourth-order valence-corrected chi connectivity index (χ4v) is 4.81. The monoisotopic (exact) mass is 480 g/mol. The average Bonchev–Trinajstić information content (AvgIpc) is 3.49. The lowest BCUT2D eigenvalue weighted by atomic mass is 10.2. The van der Waals surface area contributed by atoms with Gasteiger partial charge in [0.15, 0.2) is 11.5 Å². The first-order chi connectivity index (χ1) is 17.1. The van der Waals surface area contributed by atoms with Crippen LogP contribution in [0.5, 0.6) is 0 Å². The largest absolute Gasteiger partial charge is 0.369 e. The van der Waals surface area contributed by atoms with E-state index in [0.717, 1.165) is 63.1 Å². The van der Waals surface area contributed by atoms with Crippen molar-refractivity contribution < 1.29 is 9.53 Å². The number of hydrogen-bond acceptors (Lipinski definition) is 6. The van der Waals surface area contributed by atoms with E-state index in [1.165, 1.54) is 5.69 Å². The summed E-state index contributed by atoms with van der Waals surface area (Å²) in [7, 11) is 2.16. The van der Waals surface area contributed by atoms with Crippen LogP contribution in [0.4, 0.5) is 16.2 Å². The van der Waals surface area contributed by atoms with Gasteiger partial charge in [-0.3, -0.25) is 0 Å². The van der Waals surface area contributed by atoms with Crippen LogP contribution in [0.3, 0.4) is 0 Å². The molecule has 2 saturated heterocycles. The van der Waals surface area contributed by atoms with E-state index < -0.39 is 0 Å². The number of amides is 2. The second-order valence-electron chi connectivity index (χ2n) is 9.37. The molecular weight excluding hydrogens is 444 g/mol. The van der Waals surface area contributed by atoms with Crippen LogP contribution in [0, 0.1) is 0 Å². The molecule has 0 saturated carbocycles. The predicted octanol–water partition coefficient (Wildman–Crippen LogP) is 3.75. The Labute approximate surface area is 206 Å². The molecule has 10 nitrogen and oxygen atoms in total. The highest BCUT2D eigenvalue weighted by Crippen LogP contribution is 2.31. The van der Waals surface area contributed by atoms with E-state index in [4.69, 9.17) is 14.8 Å². The van der Waals surface area contributed by atoms with Gasteiger partial charge in [0.05, 0.1) is 22.9 Å². The van der Waals surface area contributed by atoms with E-state index in [0.29, 0.717) is 30.3 Å². The Balaban J connectivity index is 1.47. The summed E-state index contributed by atoms with van der Waals surface area (Å²) < 4.78 is 7.78. The Hall–Kier alpha value is -3.11. The molecule has 2 fully saturated rings. The van der Waals surface area contributed by atoms with E-state index in [9.17, 15) is 4.79 Å². The number of carbonyl (C=O) groups excluding carboxylic acids is 1. The standard InChI is InChI=1S/C25H36N8O2/c1-4-31(5-2)25(34)28-21-17-33(22-8-6-7-15-35-22)29-23(21)24-26-19-10-9-18(16-20(19)27-24)32-13-11-30(3)12-14-32/h9-10,16-17,22H,4-8,11-15H2,1-3H3,(H,26,27)(H,28,34). The lowest BCUT2D eigenvalue weighted by Gasteiger charge is -2.34. The Kier molecular flexibility index (Phi) is 6.92. The highest BCUT2D eigenvalue weighted by molar-refractivity contribution is 5.93. The quantitative estimate of drug-likeness (QED) is 0.558. The predicted molar refractivity (Wildman–Crippen MR) is 138 cm³/mol. The third-order valence-electron chi connectivity index (χ3n) is 7.03. The van der Waals surface area contributed by atoms with Crippen molar-refractivity contribution in [1.29, 1.82) is 0 Å². The normalized spacial score (nSPS) is 19.3. The van der Waals surface area contributed by atoms with Crippen molar-refractivity contribution >= 4 is 28.4 Å². The number of piperazine rings is 1. The van der Waals surface area contributed by atoms with Crippen LogP contribution in [0.2, 0.25) is 0 Å². The number of nitrogens with zero attached hydrogens (tertiary/aromatic N) is 6. The third kappa shape index (κ3) is 4.99. The third-order valence-corrected chi connectivity index (χ3v) is 7.03. The first kappa shape index (κ1) is 23.6. The maximum Gasteiger partial charge on any atom is 0.321 e. The molecule has 10 heteroatoms. The van der Waals surface area contributed by atoms with E-state index in [-0.39, 0.29) is 12.3 Å².